The molecule has 0 radical (unpaired) electrons. The number of hydrogen-bond acceptors (Lipinski definition) is 3. The van der Waals surface area contributed by atoms with Crippen molar-refractivity contribution in [2.75, 3.05) is 18.9 Å². The normalized spacial score (nSPS) is 12.5. The molecule has 1 amide bonds. The fourth-order valence-corrected chi connectivity index (χ4v) is 2.49. The predicted molar refractivity (Wildman–Crippen MR) is 79.2 cm³/mol. The molecule has 1 aromatic rings. The summed E-state index contributed by atoms with van der Waals surface area (Å²) in [6.45, 7) is 6.90. The quantitative estimate of drug-likeness (QED) is 0.778. The van der Waals surface area contributed by atoms with E-state index < -0.39 is 0 Å². The van der Waals surface area contributed by atoms with E-state index in [9.17, 15) is 4.79 Å². The molecule has 0 saturated carbocycles. The summed E-state index contributed by atoms with van der Waals surface area (Å²) in [4.78, 5) is 13.1. The van der Waals surface area contributed by atoms with Crippen LogP contribution >= 0.6 is 11.8 Å². The van der Waals surface area contributed by atoms with Crippen LogP contribution in [0.4, 0.5) is 5.69 Å². The Kier molecular flexibility index (Phi) is 6.22. The number of para-hydroxylation sites is 1. The minimum Gasteiger partial charge on any atom is -0.325 e. The van der Waals surface area contributed by atoms with Crippen molar-refractivity contribution in [1.29, 1.82) is 0 Å². The molecule has 2 N–H and O–H groups in total. The van der Waals surface area contributed by atoms with E-state index in [1.165, 1.54) is 0 Å². The summed E-state index contributed by atoms with van der Waals surface area (Å²) in [7, 11) is 1.85. The second-order valence-corrected chi connectivity index (χ2v) is 6.23. The van der Waals surface area contributed by atoms with Crippen LogP contribution in [0.3, 0.4) is 0 Å². The lowest BCUT2D eigenvalue weighted by Gasteiger charge is -2.15. The summed E-state index contributed by atoms with van der Waals surface area (Å²) < 4.78 is 0. The first-order valence-electron chi connectivity index (χ1n) is 6.25. The van der Waals surface area contributed by atoms with Gasteiger partial charge in [0.25, 0.3) is 0 Å². The summed E-state index contributed by atoms with van der Waals surface area (Å²) in [5.41, 5.74) is 0.907. The lowest BCUT2D eigenvalue weighted by molar-refractivity contribution is -0.119. The lowest BCUT2D eigenvalue weighted by atomic mass is 10.1. The van der Waals surface area contributed by atoms with Crippen molar-refractivity contribution in [2.24, 2.45) is 5.92 Å². The molecule has 0 aromatic heterocycles. The van der Waals surface area contributed by atoms with Crippen LogP contribution in [-0.2, 0) is 4.79 Å². The first-order valence-corrected chi connectivity index (χ1v) is 7.13. The molecule has 0 aliphatic heterocycles. The number of thioether (sulfide) groups is 1. The number of benzene rings is 1. The van der Waals surface area contributed by atoms with Gasteiger partial charge in [-0.3, -0.25) is 4.79 Å². The monoisotopic (exact) mass is 266 g/mol. The van der Waals surface area contributed by atoms with Gasteiger partial charge in [-0.1, -0.05) is 32.9 Å². The van der Waals surface area contributed by atoms with E-state index in [0.717, 1.165) is 10.6 Å². The van der Waals surface area contributed by atoms with E-state index in [1.807, 2.05) is 38.2 Å². The number of rotatable bonds is 6. The minimum absolute atomic E-state index is 0.0351. The molecule has 1 unspecified atom stereocenters. The van der Waals surface area contributed by atoms with E-state index in [2.05, 4.69) is 24.5 Å². The third-order valence-electron chi connectivity index (χ3n) is 2.47. The van der Waals surface area contributed by atoms with Gasteiger partial charge in [-0.2, -0.15) is 0 Å². The van der Waals surface area contributed by atoms with E-state index in [-0.39, 0.29) is 11.8 Å². The highest BCUT2D eigenvalue weighted by atomic mass is 32.2. The van der Waals surface area contributed by atoms with Crippen LogP contribution in [0.2, 0.25) is 0 Å². The van der Waals surface area contributed by atoms with Crippen molar-refractivity contribution in [3.8, 4) is 0 Å². The topological polar surface area (TPSA) is 41.1 Å². The Morgan fingerprint density at radius 2 is 1.94 bits per heavy atom. The fourth-order valence-electron chi connectivity index (χ4n) is 1.58. The molecule has 0 saturated heterocycles. The van der Waals surface area contributed by atoms with Gasteiger partial charge < -0.3 is 10.6 Å². The van der Waals surface area contributed by atoms with Crippen molar-refractivity contribution in [3.63, 3.8) is 0 Å². The van der Waals surface area contributed by atoms with Crippen LogP contribution < -0.4 is 10.6 Å². The van der Waals surface area contributed by atoms with E-state index in [1.54, 1.807) is 11.8 Å². The van der Waals surface area contributed by atoms with Crippen molar-refractivity contribution >= 4 is 23.4 Å². The highest BCUT2D eigenvalue weighted by Crippen LogP contribution is 2.30. The molecule has 4 heteroatoms. The van der Waals surface area contributed by atoms with E-state index in [0.29, 0.717) is 11.8 Å². The Labute approximate surface area is 114 Å². The molecule has 0 aliphatic carbocycles. The van der Waals surface area contributed by atoms with Crippen molar-refractivity contribution in [3.05, 3.63) is 24.3 Å². The predicted octanol–water partition coefficient (Wildman–Crippen LogP) is 2.98. The highest BCUT2D eigenvalue weighted by molar-refractivity contribution is 8.00. The van der Waals surface area contributed by atoms with Crippen LogP contribution in [0.15, 0.2) is 29.2 Å². The Morgan fingerprint density at radius 3 is 2.56 bits per heavy atom. The molecular formula is C14H22N2OS. The average Bonchev–Trinajstić information content (AvgIpc) is 2.31. The molecule has 0 bridgehead atoms. The maximum absolute atomic E-state index is 12.0. The third-order valence-corrected chi connectivity index (χ3v) is 3.55. The number of hydrogen-bond donors (Lipinski definition) is 2. The van der Waals surface area contributed by atoms with Gasteiger partial charge in [0.15, 0.2) is 0 Å². The van der Waals surface area contributed by atoms with Gasteiger partial charge >= 0.3 is 0 Å². The first-order chi connectivity index (χ1) is 8.54. The van der Waals surface area contributed by atoms with Crippen LogP contribution in [0.25, 0.3) is 0 Å². The summed E-state index contributed by atoms with van der Waals surface area (Å²) in [6, 6.07) is 7.94. The first kappa shape index (κ1) is 15.1. The number of amides is 1. The zero-order chi connectivity index (χ0) is 13.5. The van der Waals surface area contributed by atoms with Crippen LogP contribution in [0.1, 0.15) is 20.8 Å². The average molecular weight is 266 g/mol. The van der Waals surface area contributed by atoms with E-state index >= 15 is 0 Å². The summed E-state index contributed by atoms with van der Waals surface area (Å²) >= 11 is 1.76. The summed E-state index contributed by atoms with van der Waals surface area (Å²) in [6.07, 6.45) is 0. The number of carbonyl (C=O) groups is 1. The Balaban J connectivity index is 2.74. The molecule has 0 spiro atoms. The largest absolute Gasteiger partial charge is 0.325 e. The smallest absolute Gasteiger partial charge is 0.228 e. The third kappa shape index (κ3) is 4.70. The van der Waals surface area contributed by atoms with Crippen LogP contribution in [0, 0.1) is 5.92 Å². The number of nitrogens with one attached hydrogen (secondary N) is 2. The number of anilines is 1. The van der Waals surface area contributed by atoms with Gasteiger partial charge in [0.1, 0.15) is 0 Å². The van der Waals surface area contributed by atoms with Gasteiger partial charge in [0, 0.05) is 22.6 Å². The number of carbonyl (C=O) groups excluding carboxylic acids is 1. The second-order valence-electron chi connectivity index (χ2n) is 4.61. The van der Waals surface area contributed by atoms with Gasteiger partial charge in [0.2, 0.25) is 5.91 Å². The summed E-state index contributed by atoms with van der Waals surface area (Å²) in [5, 5.41) is 6.51. The Morgan fingerprint density at radius 1 is 1.28 bits per heavy atom. The fraction of sp³-hybridized carbons (Fsp3) is 0.500. The van der Waals surface area contributed by atoms with Crippen molar-refractivity contribution in [1.82, 2.24) is 5.32 Å². The molecule has 18 heavy (non-hydrogen) atoms. The molecule has 3 nitrogen and oxygen atoms in total. The van der Waals surface area contributed by atoms with Gasteiger partial charge in [-0.05, 0) is 19.2 Å². The van der Waals surface area contributed by atoms with Crippen LogP contribution in [0.5, 0.6) is 0 Å². The van der Waals surface area contributed by atoms with E-state index in [4.69, 9.17) is 0 Å². The van der Waals surface area contributed by atoms with Crippen molar-refractivity contribution in [2.45, 2.75) is 30.9 Å². The zero-order valence-corrected chi connectivity index (χ0v) is 12.3. The highest BCUT2D eigenvalue weighted by Gasteiger charge is 2.14. The second kappa shape index (κ2) is 7.44. The molecule has 1 aromatic carbocycles. The molecule has 100 valence electrons. The standard InChI is InChI=1S/C14H22N2OS/c1-10(2)18-13-8-6-5-7-12(13)16-14(17)11(3)9-15-4/h5-8,10-11,15H,9H2,1-4H3,(H,16,17). The van der Waals surface area contributed by atoms with Gasteiger partial charge in [-0.15, -0.1) is 11.8 Å². The van der Waals surface area contributed by atoms with Crippen LogP contribution in [-0.4, -0.2) is 24.7 Å². The molecule has 0 heterocycles. The minimum atomic E-state index is -0.0351. The zero-order valence-electron chi connectivity index (χ0n) is 11.5. The molecular weight excluding hydrogens is 244 g/mol. The lowest BCUT2D eigenvalue weighted by Crippen LogP contribution is -2.28. The Bertz CT molecular complexity index is 393. The molecule has 1 atom stereocenters. The molecule has 0 aliphatic rings. The van der Waals surface area contributed by atoms with Gasteiger partial charge in [-0.25, -0.2) is 0 Å². The maximum Gasteiger partial charge on any atom is 0.228 e. The molecule has 1 rings (SSSR count). The van der Waals surface area contributed by atoms with Crippen molar-refractivity contribution < 1.29 is 4.79 Å². The maximum atomic E-state index is 12.0. The van der Waals surface area contributed by atoms with Gasteiger partial charge in [0.05, 0.1) is 5.69 Å². The SMILES string of the molecule is CNCC(C)C(=O)Nc1ccccc1SC(C)C. The summed E-state index contributed by atoms with van der Waals surface area (Å²) in [5.74, 6) is 0.0215. The molecule has 0 fully saturated rings. The Hall–Kier alpha value is -1.00.